The molecule has 0 aliphatic carbocycles. The normalized spacial score (nSPS) is 17.1. The lowest BCUT2D eigenvalue weighted by molar-refractivity contribution is -0.142. The van der Waals surface area contributed by atoms with Gasteiger partial charge in [-0.15, -0.1) is 0 Å². The summed E-state index contributed by atoms with van der Waals surface area (Å²) in [4.78, 5) is 30.5. The third kappa shape index (κ3) is 5.00. The first-order valence-corrected chi connectivity index (χ1v) is 11.5. The molecule has 4 rings (SSSR count). The van der Waals surface area contributed by atoms with Crippen molar-refractivity contribution in [2.45, 2.75) is 32.0 Å². The fourth-order valence-corrected chi connectivity index (χ4v) is 4.25. The Labute approximate surface area is 207 Å². The van der Waals surface area contributed by atoms with Crippen molar-refractivity contribution < 1.29 is 27.5 Å². The van der Waals surface area contributed by atoms with Crippen molar-refractivity contribution in [1.29, 1.82) is 0 Å². The van der Waals surface area contributed by atoms with Gasteiger partial charge in [0, 0.05) is 11.8 Å². The van der Waals surface area contributed by atoms with Crippen molar-refractivity contribution in [2.75, 3.05) is 6.61 Å². The van der Waals surface area contributed by atoms with E-state index in [4.69, 9.17) is 4.74 Å². The van der Waals surface area contributed by atoms with Crippen LogP contribution in [-0.4, -0.2) is 24.6 Å². The number of hydrogen-bond donors (Lipinski definition) is 0. The number of benzene rings is 3. The summed E-state index contributed by atoms with van der Waals surface area (Å²) in [6.45, 7) is 3.88. The Balaban J connectivity index is 1.73. The van der Waals surface area contributed by atoms with Gasteiger partial charge in [-0.3, -0.25) is 14.6 Å². The van der Waals surface area contributed by atoms with Crippen molar-refractivity contribution in [1.82, 2.24) is 0 Å². The number of carbonyl (C=O) groups is 2. The van der Waals surface area contributed by atoms with E-state index in [1.54, 1.807) is 67.7 Å². The number of ketones is 1. The van der Waals surface area contributed by atoms with Crippen LogP contribution in [0, 0.1) is 0 Å². The third-order valence-corrected chi connectivity index (χ3v) is 6.00. The van der Waals surface area contributed by atoms with Gasteiger partial charge in [0.2, 0.25) is 0 Å². The Morgan fingerprint density at radius 1 is 0.944 bits per heavy atom. The number of halogens is 3. The molecule has 0 aromatic heterocycles. The van der Waals surface area contributed by atoms with Crippen LogP contribution >= 0.6 is 0 Å². The summed E-state index contributed by atoms with van der Waals surface area (Å²) < 4.78 is 44.1. The van der Waals surface area contributed by atoms with E-state index in [2.05, 4.69) is 4.99 Å². The highest BCUT2D eigenvalue weighted by Crippen LogP contribution is 2.39. The Kier molecular flexibility index (Phi) is 6.93. The molecular weight excluding hydrogens is 467 g/mol. The summed E-state index contributed by atoms with van der Waals surface area (Å²) in [5.74, 6) is -0.639. The first-order chi connectivity index (χ1) is 17.1. The number of allylic oxidation sites excluding steroid dienone is 1. The molecule has 1 heterocycles. The van der Waals surface area contributed by atoms with Crippen LogP contribution in [0.4, 0.5) is 13.2 Å². The molecule has 0 fully saturated rings. The second-order valence-corrected chi connectivity index (χ2v) is 8.54. The molecule has 3 aromatic carbocycles. The minimum Gasteiger partial charge on any atom is -0.466 e. The van der Waals surface area contributed by atoms with E-state index in [0.29, 0.717) is 28.9 Å². The number of ether oxygens (including phenoxy) is 1. The Bertz CT molecular complexity index is 1340. The molecule has 1 unspecified atom stereocenters. The second kappa shape index (κ2) is 9.93. The number of alkyl halides is 3. The molecular formula is C29H24F3NO3. The number of esters is 1. The van der Waals surface area contributed by atoms with Crippen molar-refractivity contribution in [3.8, 4) is 11.1 Å². The Morgan fingerprint density at radius 2 is 1.61 bits per heavy atom. The quantitative estimate of drug-likeness (QED) is 0.277. The molecule has 0 N–H and O–H groups in total. The maximum atomic E-state index is 14.1. The van der Waals surface area contributed by atoms with E-state index in [9.17, 15) is 22.8 Å². The zero-order valence-electron chi connectivity index (χ0n) is 19.8. The van der Waals surface area contributed by atoms with E-state index < -0.39 is 17.3 Å². The van der Waals surface area contributed by atoms with Gasteiger partial charge in [-0.2, -0.15) is 13.2 Å². The SMILES string of the molecule is CCOC(=O)Cc1ccc(C2(C(=O)c3ccccc3-c3ccc(C(F)(F)F)cc3)C=C(C)C=N2)cc1. The lowest BCUT2D eigenvalue weighted by atomic mass is 9.80. The fourth-order valence-electron chi connectivity index (χ4n) is 4.25. The lowest BCUT2D eigenvalue weighted by Crippen LogP contribution is -2.31. The smallest absolute Gasteiger partial charge is 0.416 e. The number of aliphatic imine (C=N–C) groups is 1. The van der Waals surface area contributed by atoms with Crippen molar-refractivity contribution in [3.63, 3.8) is 0 Å². The first-order valence-electron chi connectivity index (χ1n) is 11.5. The molecule has 0 radical (unpaired) electrons. The van der Waals surface area contributed by atoms with Crippen LogP contribution < -0.4 is 0 Å². The zero-order valence-corrected chi connectivity index (χ0v) is 19.8. The van der Waals surface area contributed by atoms with Crippen LogP contribution in [-0.2, 0) is 27.7 Å². The highest BCUT2D eigenvalue weighted by atomic mass is 19.4. The van der Waals surface area contributed by atoms with E-state index >= 15 is 0 Å². The molecule has 7 heteroatoms. The summed E-state index contributed by atoms with van der Waals surface area (Å²) in [6.07, 6.45) is -0.924. The predicted molar refractivity (Wildman–Crippen MR) is 132 cm³/mol. The van der Waals surface area contributed by atoms with Crippen LogP contribution in [0.1, 0.15) is 40.9 Å². The van der Waals surface area contributed by atoms with Gasteiger partial charge in [0.25, 0.3) is 0 Å². The van der Waals surface area contributed by atoms with Gasteiger partial charge in [-0.1, -0.05) is 60.7 Å². The largest absolute Gasteiger partial charge is 0.466 e. The lowest BCUT2D eigenvalue weighted by Gasteiger charge is -2.25. The second-order valence-electron chi connectivity index (χ2n) is 8.54. The summed E-state index contributed by atoms with van der Waals surface area (Å²) in [5.41, 5.74) is 1.45. The predicted octanol–water partition coefficient (Wildman–Crippen LogP) is 6.59. The number of hydrogen-bond acceptors (Lipinski definition) is 4. The summed E-state index contributed by atoms with van der Waals surface area (Å²) >= 11 is 0. The highest BCUT2D eigenvalue weighted by Gasteiger charge is 2.41. The zero-order chi connectivity index (χ0) is 25.9. The average Bonchev–Trinajstić information content (AvgIpc) is 3.26. The van der Waals surface area contributed by atoms with E-state index in [-0.39, 0.29) is 18.2 Å². The minimum absolute atomic E-state index is 0.115. The van der Waals surface area contributed by atoms with Gasteiger partial charge < -0.3 is 4.74 Å². The van der Waals surface area contributed by atoms with E-state index in [1.165, 1.54) is 12.1 Å². The number of rotatable bonds is 7. The van der Waals surface area contributed by atoms with Crippen molar-refractivity contribution >= 4 is 18.0 Å². The monoisotopic (exact) mass is 491 g/mol. The van der Waals surface area contributed by atoms with Gasteiger partial charge in [0.05, 0.1) is 18.6 Å². The van der Waals surface area contributed by atoms with Crippen LogP contribution in [0.5, 0.6) is 0 Å². The molecule has 0 saturated carbocycles. The first kappa shape index (κ1) is 25.1. The van der Waals surface area contributed by atoms with Gasteiger partial charge in [0.15, 0.2) is 11.3 Å². The number of carbonyl (C=O) groups excluding carboxylic acids is 2. The average molecular weight is 492 g/mol. The molecule has 0 bridgehead atoms. The van der Waals surface area contributed by atoms with Crippen molar-refractivity contribution in [3.05, 3.63) is 107 Å². The molecule has 184 valence electrons. The van der Waals surface area contributed by atoms with Crippen LogP contribution in [0.25, 0.3) is 11.1 Å². The minimum atomic E-state index is -4.45. The Morgan fingerprint density at radius 3 is 2.19 bits per heavy atom. The third-order valence-electron chi connectivity index (χ3n) is 6.00. The van der Waals surface area contributed by atoms with Crippen molar-refractivity contribution in [2.24, 2.45) is 4.99 Å². The molecule has 4 nitrogen and oxygen atoms in total. The van der Waals surface area contributed by atoms with Crippen LogP contribution in [0.3, 0.4) is 0 Å². The standard InChI is InChI=1S/C29H24F3NO3/c1-3-36-26(34)16-20-8-12-22(13-9-20)28(17-19(2)18-33-28)27(35)25-7-5-4-6-24(25)21-10-14-23(15-11-21)29(30,31)32/h4-15,17-18H,3,16H2,1-2H3. The number of Topliss-reactive ketones (excluding diaryl/α,β-unsaturated/α-hetero) is 1. The van der Waals surface area contributed by atoms with Gasteiger partial charge in [-0.25, -0.2) is 0 Å². The molecule has 1 aliphatic rings. The summed E-state index contributed by atoms with van der Waals surface area (Å²) in [7, 11) is 0. The Hall–Kier alpha value is -4.00. The maximum Gasteiger partial charge on any atom is 0.416 e. The van der Waals surface area contributed by atoms with E-state index in [1.807, 2.05) is 6.92 Å². The molecule has 0 spiro atoms. The van der Waals surface area contributed by atoms with Gasteiger partial charge in [-0.05, 0) is 59.9 Å². The molecule has 1 atom stereocenters. The topological polar surface area (TPSA) is 55.7 Å². The number of nitrogens with zero attached hydrogens (tertiary/aromatic N) is 1. The molecule has 3 aromatic rings. The summed E-state index contributed by atoms with van der Waals surface area (Å²) in [5, 5.41) is 0. The molecule has 0 amide bonds. The van der Waals surface area contributed by atoms with Gasteiger partial charge in [0.1, 0.15) is 0 Å². The molecule has 1 aliphatic heterocycles. The fraction of sp³-hybridized carbons (Fsp3) is 0.207. The summed E-state index contributed by atoms with van der Waals surface area (Å²) in [6, 6.07) is 18.6. The highest BCUT2D eigenvalue weighted by molar-refractivity contribution is 6.12. The van der Waals surface area contributed by atoms with Crippen LogP contribution in [0.15, 0.2) is 89.4 Å². The maximum absolute atomic E-state index is 14.1. The van der Waals surface area contributed by atoms with E-state index in [0.717, 1.165) is 23.3 Å². The molecule has 36 heavy (non-hydrogen) atoms. The van der Waals surface area contributed by atoms with Crippen LogP contribution in [0.2, 0.25) is 0 Å². The van der Waals surface area contributed by atoms with Gasteiger partial charge >= 0.3 is 12.1 Å². The molecule has 0 saturated heterocycles.